The van der Waals surface area contributed by atoms with Crippen LogP contribution >= 0.6 is 0 Å². The van der Waals surface area contributed by atoms with Crippen molar-refractivity contribution in [2.75, 3.05) is 6.54 Å². The molecule has 0 N–H and O–H groups in total. The lowest BCUT2D eigenvalue weighted by atomic mass is 9.90. The molecule has 2 aromatic carbocycles. The highest BCUT2D eigenvalue weighted by Crippen LogP contribution is 2.42. The van der Waals surface area contributed by atoms with Gasteiger partial charge in [0.05, 0.1) is 6.04 Å². The van der Waals surface area contributed by atoms with Crippen LogP contribution in [0.15, 0.2) is 54.6 Å². The number of piperidine rings is 1. The maximum absolute atomic E-state index is 12.4. The third kappa shape index (κ3) is 2.30. The van der Waals surface area contributed by atoms with E-state index < -0.39 is 0 Å². The van der Waals surface area contributed by atoms with Crippen LogP contribution in [0.2, 0.25) is 0 Å². The zero-order chi connectivity index (χ0) is 16.8. The Balaban J connectivity index is 1.71. The van der Waals surface area contributed by atoms with Gasteiger partial charge in [0.2, 0.25) is 5.91 Å². The normalized spacial score (nSPS) is 19.8. The molecule has 5 rings (SSSR count). The van der Waals surface area contributed by atoms with Crippen LogP contribution in [0.25, 0.3) is 10.9 Å². The molecule has 0 spiro atoms. The molecule has 1 unspecified atom stereocenters. The van der Waals surface area contributed by atoms with Gasteiger partial charge in [-0.05, 0) is 36.5 Å². The Labute approximate surface area is 147 Å². The van der Waals surface area contributed by atoms with Crippen molar-refractivity contribution < 1.29 is 4.79 Å². The van der Waals surface area contributed by atoms with Gasteiger partial charge in [-0.25, -0.2) is 0 Å². The SMILES string of the molecule is O=C1CCCC2c3c(c4ccccc4n3Cc3ccccc3)CCN12. The van der Waals surface area contributed by atoms with E-state index in [1.807, 2.05) is 0 Å². The average molecular weight is 330 g/mol. The molecule has 1 fully saturated rings. The molecule has 3 aromatic rings. The molecule has 0 saturated carbocycles. The quantitative estimate of drug-likeness (QED) is 0.688. The topological polar surface area (TPSA) is 25.2 Å². The Morgan fingerprint density at radius 2 is 1.76 bits per heavy atom. The summed E-state index contributed by atoms with van der Waals surface area (Å²) in [5, 5.41) is 1.37. The smallest absolute Gasteiger partial charge is 0.223 e. The van der Waals surface area contributed by atoms with E-state index in [2.05, 4.69) is 64.1 Å². The first kappa shape index (κ1) is 14.8. The number of aromatic nitrogens is 1. The van der Waals surface area contributed by atoms with E-state index in [4.69, 9.17) is 0 Å². The fraction of sp³-hybridized carbons (Fsp3) is 0.318. The molecule has 0 aliphatic carbocycles. The van der Waals surface area contributed by atoms with E-state index in [9.17, 15) is 4.79 Å². The van der Waals surface area contributed by atoms with Crippen molar-refractivity contribution in [3.05, 3.63) is 71.4 Å². The fourth-order valence-corrected chi connectivity index (χ4v) is 4.69. The van der Waals surface area contributed by atoms with E-state index in [0.717, 1.165) is 32.4 Å². The molecule has 0 bridgehead atoms. The van der Waals surface area contributed by atoms with Gasteiger partial charge in [0.15, 0.2) is 0 Å². The van der Waals surface area contributed by atoms with Crippen molar-refractivity contribution in [2.24, 2.45) is 0 Å². The van der Waals surface area contributed by atoms with Gasteiger partial charge in [0.1, 0.15) is 0 Å². The van der Waals surface area contributed by atoms with Gasteiger partial charge in [0, 0.05) is 36.1 Å². The number of carbonyl (C=O) groups is 1. The maximum atomic E-state index is 12.4. The third-order valence-corrected chi connectivity index (χ3v) is 5.79. The van der Waals surface area contributed by atoms with Crippen molar-refractivity contribution in [1.82, 2.24) is 9.47 Å². The predicted octanol–water partition coefficient (Wildman–Crippen LogP) is 4.30. The Morgan fingerprint density at radius 1 is 0.960 bits per heavy atom. The molecule has 1 saturated heterocycles. The first-order valence-electron chi connectivity index (χ1n) is 9.26. The Morgan fingerprint density at radius 3 is 2.64 bits per heavy atom. The van der Waals surface area contributed by atoms with Crippen LogP contribution in [0.3, 0.4) is 0 Å². The molecule has 2 aliphatic rings. The lowest BCUT2D eigenvalue weighted by Crippen LogP contribution is -2.43. The van der Waals surface area contributed by atoms with Gasteiger partial charge < -0.3 is 9.47 Å². The van der Waals surface area contributed by atoms with Crippen LogP contribution in [-0.2, 0) is 17.8 Å². The van der Waals surface area contributed by atoms with E-state index in [-0.39, 0.29) is 6.04 Å². The van der Waals surface area contributed by atoms with Crippen molar-refractivity contribution in [2.45, 2.75) is 38.3 Å². The summed E-state index contributed by atoms with van der Waals surface area (Å²) in [7, 11) is 0. The highest BCUT2D eigenvalue weighted by Gasteiger charge is 2.37. The summed E-state index contributed by atoms with van der Waals surface area (Å²) in [5.74, 6) is 0.332. The summed E-state index contributed by atoms with van der Waals surface area (Å²) in [5.41, 5.74) is 5.45. The van der Waals surface area contributed by atoms with Crippen LogP contribution in [-0.4, -0.2) is 21.9 Å². The van der Waals surface area contributed by atoms with Crippen LogP contribution in [0.5, 0.6) is 0 Å². The Hall–Kier alpha value is -2.55. The summed E-state index contributed by atoms with van der Waals surface area (Å²) in [6.07, 6.45) is 3.78. The van der Waals surface area contributed by atoms with Crippen LogP contribution < -0.4 is 0 Å². The van der Waals surface area contributed by atoms with Gasteiger partial charge >= 0.3 is 0 Å². The molecule has 3 nitrogen and oxygen atoms in total. The standard InChI is InChI=1S/C22H22N2O/c25-21-12-6-11-20-22-18(13-14-23(20)21)17-9-4-5-10-19(17)24(22)15-16-7-2-1-3-8-16/h1-5,7-10,20H,6,11-15H2. The van der Waals surface area contributed by atoms with Gasteiger partial charge in [-0.2, -0.15) is 0 Å². The van der Waals surface area contributed by atoms with Crippen molar-refractivity contribution in [1.29, 1.82) is 0 Å². The number of para-hydroxylation sites is 1. The monoisotopic (exact) mass is 330 g/mol. The molecule has 1 atom stereocenters. The summed E-state index contributed by atoms with van der Waals surface area (Å²) in [6, 6.07) is 19.6. The third-order valence-electron chi connectivity index (χ3n) is 5.79. The minimum atomic E-state index is 0.251. The molecule has 3 heterocycles. The summed E-state index contributed by atoms with van der Waals surface area (Å²) in [4.78, 5) is 14.6. The summed E-state index contributed by atoms with van der Waals surface area (Å²) < 4.78 is 2.47. The summed E-state index contributed by atoms with van der Waals surface area (Å²) >= 11 is 0. The number of benzene rings is 2. The van der Waals surface area contributed by atoms with Gasteiger partial charge in [-0.3, -0.25) is 4.79 Å². The molecule has 0 radical (unpaired) electrons. The molecule has 2 aliphatic heterocycles. The highest BCUT2D eigenvalue weighted by molar-refractivity contribution is 5.87. The van der Waals surface area contributed by atoms with E-state index >= 15 is 0 Å². The molecule has 1 aromatic heterocycles. The van der Waals surface area contributed by atoms with Crippen LogP contribution in [0.1, 0.15) is 42.1 Å². The number of rotatable bonds is 2. The van der Waals surface area contributed by atoms with Gasteiger partial charge in [-0.1, -0.05) is 48.5 Å². The number of carbonyl (C=O) groups excluding carboxylic acids is 1. The molecular weight excluding hydrogens is 308 g/mol. The first-order chi connectivity index (χ1) is 12.3. The molecule has 25 heavy (non-hydrogen) atoms. The second kappa shape index (κ2) is 5.76. The van der Waals surface area contributed by atoms with E-state index in [1.165, 1.54) is 27.7 Å². The lowest BCUT2D eigenvalue weighted by molar-refractivity contribution is -0.137. The van der Waals surface area contributed by atoms with Crippen LogP contribution in [0.4, 0.5) is 0 Å². The predicted molar refractivity (Wildman–Crippen MR) is 99.5 cm³/mol. The zero-order valence-corrected chi connectivity index (χ0v) is 14.3. The zero-order valence-electron chi connectivity index (χ0n) is 14.3. The molecular formula is C22H22N2O. The van der Waals surface area contributed by atoms with Crippen molar-refractivity contribution in [3.63, 3.8) is 0 Å². The highest BCUT2D eigenvalue weighted by atomic mass is 16.2. The Kier molecular flexibility index (Phi) is 3.40. The number of hydrogen-bond donors (Lipinski definition) is 0. The van der Waals surface area contributed by atoms with Crippen molar-refractivity contribution >= 4 is 16.8 Å². The van der Waals surface area contributed by atoms with Crippen molar-refractivity contribution in [3.8, 4) is 0 Å². The lowest BCUT2D eigenvalue weighted by Gasteiger charge is -2.40. The molecule has 126 valence electrons. The summed E-state index contributed by atoms with van der Waals surface area (Å²) in [6.45, 7) is 1.74. The minimum absolute atomic E-state index is 0.251. The van der Waals surface area contributed by atoms with Gasteiger partial charge in [-0.15, -0.1) is 0 Å². The van der Waals surface area contributed by atoms with E-state index in [0.29, 0.717) is 12.3 Å². The average Bonchev–Trinajstić information content (AvgIpc) is 2.97. The minimum Gasteiger partial charge on any atom is -0.338 e. The number of fused-ring (bicyclic) bond motifs is 5. The largest absolute Gasteiger partial charge is 0.338 e. The fourth-order valence-electron chi connectivity index (χ4n) is 4.69. The Bertz CT molecular complexity index is 941. The molecule has 3 heteroatoms. The van der Waals surface area contributed by atoms with E-state index in [1.54, 1.807) is 0 Å². The number of nitrogens with zero attached hydrogens (tertiary/aromatic N) is 2. The second-order valence-electron chi connectivity index (χ2n) is 7.20. The first-order valence-corrected chi connectivity index (χ1v) is 9.26. The van der Waals surface area contributed by atoms with Crippen LogP contribution in [0, 0.1) is 0 Å². The number of hydrogen-bond acceptors (Lipinski definition) is 1. The van der Waals surface area contributed by atoms with Gasteiger partial charge in [0.25, 0.3) is 0 Å². The maximum Gasteiger partial charge on any atom is 0.223 e. The number of amides is 1. The molecule has 1 amide bonds. The second-order valence-corrected chi connectivity index (χ2v) is 7.20.